The van der Waals surface area contributed by atoms with Crippen LogP contribution in [-0.4, -0.2) is 63.4 Å². The van der Waals surface area contributed by atoms with Crippen LogP contribution in [0.25, 0.3) is 0 Å². The molecule has 3 rings (SSSR count). The van der Waals surface area contributed by atoms with Gasteiger partial charge in [-0.1, -0.05) is 12.1 Å². The fourth-order valence-electron chi connectivity index (χ4n) is 3.64. The number of nitrogens with zero attached hydrogens (tertiary/aromatic N) is 1. The molecule has 2 heterocycles. The van der Waals surface area contributed by atoms with E-state index in [9.17, 15) is 4.79 Å². The van der Waals surface area contributed by atoms with Crippen LogP contribution in [0.3, 0.4) is 0 Å². The van der Waals surface area contributed by atoms with Crippen molar-refractivity contribution in [3.63, 3.8) is 0 Å². The molecule has 144 valence electrons. The number of carbonyl (C=O) groups excluding carboxylic acids is 1. The number of likely N-dealkylation sites (tertiary alicyclic amines) is 1. The number of benzene rings is 1. The van der Waals surface area contributed by atoms with E-state index in [1.54, 1.807) is 7.11 Å². The molecule has 6 nitrogen and oxygen atoms in total. The predicted molar refractivity (Wildman–Crippen MR) is 101 cm³/mol. The highest BCUT2D eigenvalue weighted by atomic mass is 16.5. The number of piperidine rings is 1. The minimum Gasteiger partial charge on any atom is -0.497 e. The summed E-state index contributed by atoms with van der Waals surface area (Å²) in [5, 5.41) is 6.43. The van der Waals surface area contributed by atoms with Gasteiger partial charge in [-0.2, -0.15) is 0 Å². The Morgan fingerprint density at radius 2 is 2.08 bits per heavy atom. The van der Waals surface area contributed by atoms with Crippen molar-refractivity contribution in [2.45, 2.75) is 31.8 Å². The van der Waals surface area contributed by atoms with Crippen LogP contribution >= 0.6 is 0 Å². The maximum absolute atomic E-state index is 12.1. The largest absolute Gasteiger partial charge is 0.497 e. The smallest absolute Gasteiger partial charge is 0.221 e. The topological polar surface area (TPSA) is 62.8 Å². The Labute approximate surface area is 156 Å². The Morgan fingerprint density at radius 1 is 1.31 bits per heavy atom. The molecule has 1 amide bonds. The van der Waals surface area contributed by atoms with Gasteiger partial charge in [0, 0.05) is 32.1 Å². The fraction of sp³-hybridized carbons (Fsp3) is 0.650. The van der Waals surface area contributed by atoms with E-state index < -0.39 is 0 Å². The number of amides is 1. The second-order valence-electron chi connectivity index (χ2n) is 7.30. The van der Waals surface area contributed by atoms with Crippen molar-refractivity contribution in [2.24, 2.45) is 5.92 Å². The molecule has 1 aromatic rings. The maximum atomic E-state index is 12.1. The second-order valence-corrected chi connectivity index (χ2v) is 7.30. The monoisotopic (exact) mass is 361 g/mol. The summed E-state index contributed by atoms with van der Waals surface area (Å²) in [5.41, 5.74) is 1.32. The summed E-state index contributed by atoms with van der Waals surface area (Å²) in [6.07, 6.45) is 2.79. The van der Waals surface area contributed by atoms with E-state index in [-0.39, 0.29) is 11.9 Å². The molecule has 0 spiro atoms. The van der Waals surface area contributed by atoms with Gasteiger partial charge in [-0.3, -0.25) is 9.69 Å². The van der Waals surface area contributed by atoms with Crippen molar-refractivity contribution in [1.82, 2.24) is 15.5 Å². The first-order valence-electron chi connectivity index (χ1n) is 9.66. The van der Waals surface area contributed by atoms with E-state index in [1.807, 2.05) is 12.1 Å². The van der Waals surface area contributed by atoms with Crippen molar-refractivity contribution in [2.75, 3.05) is 46.5 Å². The van der Waals surface area contributed by atoms with Gasteiger partial charge in [-0.15, -0.1) is 0 Å². The molecule has 0 bridgehead atoms. The zero-order valence-corrected chi connectivity index (χ0v) is 15.7. The Balaban J connectivity index is 1.32. The molecule has 0 aliphatic carbocycles. The highest BCUT2D eigenvalue weighted by Gasteiger charge is 2.21. The first-order valence-corrected chi connectivity index (χ1v) is 9.66. The van der Waals surface area contributed by atoms with Crippen LogP contribution in [0.4, 0.5) is 0 Å². The number of carbonyl (C=O) groups is 1. The van der Waals surface area contributed by atoms with Gasteiger partial charge >= 0.3 is 0 Å². The van der Waals surface area contributed by atoms with Crippen LogP contribution < -0.4 is 15.4 Å². The molecule has 0 saturated carbocycles. The van der Waals surface area contributed by atoms with Crippen LogP contribution in [0, 0.1) is 5.92 Å². The predicted octanol–water partition coefficient (Wildman–Crippen LogP) is 1.40. The molecule has 26 heavy (non-hydrogen) atoms. The molecular weight excluding hydrogens is 330 g/mol. The third-order valence-electron chi connectivity index (χ3n) is 5.29. The number of ether oxygens (including phenoxy) is 2. The highest BCUT2D eigenvalue weighted by molar-refractivity contribution is 5.76. The SMILES string of the molecule is COc1ccc(CN2CCC(CNC(=O)CC3COCCN3)CC2)cc1. The van der Waals surface area contributed by atoms with Crippen LogP contribution in [0.15, 0.2) is 24.3 Å². The summed E-state index contributed by atoms with van der Waals surface area (Å²) in [5.74, 6) is 1.62. The summed E-state index contributed by atoms with van der Waals surface area (Å²) in [6.45, 7) is 6.17. The molecule has 2 fully saturated rings. The third-order valence-corrected chi connectivity index (χ3v) is 5.29. The second kappa shape index (κ2) is 9.90. The summed E-state index contributed by atoms with van der Waals surface area (Å²) >= 11 is 0. The van der Waals surface area contributed by atoms with Crippen LogP contribution in [0.5, 0.6) is 5.75 Å². The van der Waals surface area contributed by atoms with Gasteiger partial charge in [0.15, 0.2) is 0 Å². The van der Waals surface area contributed by atoms with E-state index >= 15 is 0 Å². The first-order chi connectivity index (χ1) is 12.7. The van der Waals surface area contributed by atoms with Gasteiger partial charge in [0.05, 0.1) is 20.3 Å². The fourth-order valence-corrected chi connectivity index (χ4v) is 3.64. The quantitative estimate of drug-likeness (QED) is 0.769. The van der Waals surface area contributed by atoms with Crippen molar-refractivity contribution in [3.8, 4) is 5.75 Å². The molecular formula is C20H31N3O3. The Hall–Kier alpha value is -1.63. The van der Waals surface area contributed by atoms with Gasteiger partial charge in [0.2, 0.25) is 5.91 Å². The first kappa shape index (κ1) is 19.1. The normalized spacial score (nSPS) is 22.1. The minimum absolute atomic E-state index is 0.133. The number of nitrogens with one attached hydrogen (secondary N) is 2. The molecule has 6 heteroatoms. The van der Waals surface area contributed by atoms with Gasteiger partial charge < -0.3 is 20.1 Å². The summed E-state index contributed by atoms with van der Waals surface area (Å²) < 4.78 is 10.6. The Bertz CT molecular complexity index is 550. The van der Waals surface area contributed by atoms with E-state index in [0.717, 1.165) is 57.9 Å². The molecule has 2 saturated heterocycles. The zero-order chi connectivity index (χ0) is 18.2. The van der Waals surface area contributed by atoms with Crippen LogP contribution in [-0.2, 0) is 16.1 Å². The molecule has 1 atom stereocenters. The summed E-state index contributed by atoms with van der Waals surface area (Å²) in [4.78, 5) is 14.6. The van der Waals surface area contributed by atoms with Gasteiger partial charge in [-0.05, 0) is 49.5 Å². The van der Waals surface area contributed by atoms with Crippen molar-refractivity contribution >= 4 is 5.91 Å². The van der Waals surface area contributed by atoms with Crippen LogP contribution in [0.2, 0.25) is 0 Å². The molecule has 0 aromatic heterocycles. The average molecular weight is 361 g/mol. The average Bonchev–Trinajstić information content (AvgIpc) is 2.69. The highest BCUT2D eigenvalue weighted by Crippen LogP contribution is 2.19. The third kappa shape index (κ3) is 5.97. The Morgan fingerprint density at radius 3 is 2.73 bits per heavy atom. The molecule has 2 aliphatic heterocycles. The summed E-state index contributed by atoms with van der Waals surface area (Å²) in [6, 6.07) is 8.46. The Kier molecular flexibility index (Phi) is 7.29. The lowest BCUT2D eigenvalue weighted by Gasteiger charge is -2.32. The van der Waals surface area contributed by atoms with E-state index in [0.29, 0.717) is 18.9 Å². The van der Waals surface area contributed by atoms with E-state index in [4.69, 9.17) is 9.47 Å². The van der Waals surface area contributed by atoms with Crippen molar-refractivity contribution in [1.29, 1.82) is 0 Å². The van der Waals surface area contributed by atoms with Crippen molar-refractivity contribution in [3.05, 3.63) is 29.8 Å². The number of rotatable bonds is 7. The van der Waals surface area contributed by atoms with Crippen molar-refractivity contribution < 1.29 is 14.3 Å². The standard InChI is InChI=1S/C20H31N3O3/c1-25-19-4-2-17(3-5-19)14-23-9-6-16(7-10-23)13-22-20(24)12-18-15-26-11-8-21-18/h2-5,16,18,21H,6-15H2,1H3,(H,22,24). The molecule has 2 N–H and O–H groups in total. The minimum atomic E-state index is 0.133. The molecule has 1 aromatic carbocycles. The van der Waals surface area contributed by atoms with Gasteiger partial charge in [-0.25, -0.2) is 0 Å². The van der Waals surface area contributed by atoms with E-state index in [2.05, 4.69) is 27.7 Å². The lowest BCUT2D eigenvalue weighted by atomic mass is 9.96. The van der Waals surface area contributed by atoms with Gasteiger partial charge in [0.25, 0.3) is 0 Å². The number of hydrogen-bond donors (Lipinski definition) is 2. The lowest BCUT2D eigenvalue weighted by molar-refractivity contribution is -0.122. The van der Waals surface area contributed by atoms with Gasteiger partial charge in [0.1, 0.15) is 5.75 Å². The number of morpholine rings is 1. The molecule has 0 radical (unpaired) electrons. The maximum Gasteiger partial charge on any atom is 0.221 e. The van der Waals surface area contributed by atoms with E-state index in [1.165, 1.54) is 5.56 Å². The molecule has 1 unspecified atom stereocenters. The van der Waals surface area contributed by atoms with Crippen LogP contribution in [0.1, 0.15) is 24.8 Å². The zero-order valence-electron chi connectivity index (χ0n) is 15.7. The lowest BCUT2D eigenvalue weighted by Crippen LogP contribution is -2.45. The molecule has 2 aliphatic rings. The number of methoxy groups -OCH3 is 1. The summed E-state index contributed by atoms with van der Waals surface area (Å²) in [7, 11) is 1.69. The number of hydrogen-bond acceptors (Lipinski definition) is 5.